The highest BCUT2D eigenvalue weighted by atomic mass is 16.5. The molecule has 6 heteroatoms. The van der Waals surface area contributed by atoms with E-state index in [2.05, 4.69) is 44.8 Å². The molecular formula is C23H32N4O2. The number of amides is 1. The lowest BCUT2D eigenvalue weighted by atomic mass is 9.91. The van der Waals surface area contributed by atoms with Gasteiger partial charge in [-0.25, -0.2) is 0 Å². The van der Waals surface area contributed by atoms with Gasteiger partial charge in [0.15, 0.2) is 5.84 Å². The molecule has 0 saturated carbocycles. The molecule has 2 N–H and O–H groups in total. The summed E-state index contributed by atoms with van der Waals surface area (Å²) in [6.07, 6.45) is 8.01. The lowest BCUT2D eigenvalue weighted by Gasteiger charge is -2.26. The standard InChI is InChI=1S/C23H32N4O2/c1-17-16-24-22(25-17)23(28)26-21-8-7-18(9-10-27-11-13-29-14-12-27)15-20(21)19-5-3-2-4-6-19/h5,7-8,15,17H,2-4,6,9-14,16H2,1H3,(H,24,25)(H,26,28). The second-order valence-electron chi connectivity index (χ2n) is 8.22. The molecule has 1 saturated heterocycles. The van der Waals surface area contributed by atoms with Crippen LogP contribution in [-0.4, -0.2) is 62.1 Å². The second kappa shape index (κ2) is 9.55. The van der Waals surface area contributed by atoms with Gasteiger partial charge in [-0.05, 0) is 62.3 Å². The fourth-order valence-electron chi connectivity index (χ4n) is 4.19. The maximum Gasteiger partial charge on any atom is 0.290 e. The van der Waals surface area contributed by atoms with Crippen molar-refractivity contribution in [2.45, 2.75) is 45.1 Å². The zero-order valence-electron chi connectivity index (χ0n) is 17.4. The molecule has 2 aliphatic heterocycles. The van der Waals surface area contributed by atoms with Gasteiger partial charge in [0.05, 0.1) is 19.3 Å². The number of carbonyl (C=O) groups is 1. The molecule has 1 aromatic carbocycles. The van der Waals surface area contributed by atoms with Gasteiger partial charge >= 0.3 is 0 Å². The largest absolute Gasteiger partial charge is 0.379 e. The Hall–Kier alpha value is -2.18. The molecule has 1 atom stereocenters. The topological polar surface area (TPSA) is 66.0 Å². The van der Waals surface area contributed by atoms with E-state index in [1.165, 1.54) is 29.5 Å². The zero-order valence-corrected chi connectivity index (χ0v) is 17.4. The van der Waals surface area contributed by atoms with E-state index in [-0.39, 0.29) is 11.9 Å². The van der Waals surface area contributed by atoms with Crippen molar-refractivity contribution in [2.24, 2.45) is 4.99 Å². The average molecular weight is 397 g/mol. The van der Waals surface area contributed by atoms with Gasteiger partial charge in [0.2, 0.25) is 0 Å². The van der Waals surface area contributed by atoms with Crippen molar-refractivity contribution in [3.63, 3.8) is 0 Å². The number of anilines is 1. The molecule has 2 heterocycles. The summed E-state index contributed by atoms with van der Waals surface area (Å²) in [6.45, 7) is 7.47. The van der Waals surface area contributed by atoms with Crippen LogP contribution in [0.15, 0.2) is 29.3 Å². The zero-order chi connectivity index (χ0) is 20.1. The predicted molar refractivity (Wildman–Crippen MR) is 117 cm³/mol. The van der Waals surface area contributed by atoms with E-state index in [0.29, 0.717) is 5.84 Å². The van der Waals surface area contributed by atoms with Crippen LogP contribution in [0.5, 0.6) is 0 Å². The Labute approximate surface area is 173 Å². The Balaban J connectivity index is 1.51. The van der Waals surface area contributed by atoms with Crippen LogP contribution in [-0.2, 0) is 16.0 Å². The van der Waals surface area contributed by atoms with Gasteiger partial charge in [0.25, 0.3) is 5.91 Å². The molecule has 4 rings (SSSR count). The third-order valence-corrected chi connectivity index (χ3v) is 5.92. The maximum atomic E-state index is 12.7. The number of nitrogens with zero attached hydrogens (tertiary/aromatic N) is 2. The van der Waals surface area contributed by atoms with E-state index in [9.17, 15) is 4.79 Å². The van der Waals surface area contributed by atoms with E-state index in [1.54, 1.807) is 0 Å². The minimum absolute atomic E-state index is 0.145. The normalized spacial score (nSPS) is 22.6. The molecule has 29 heavy (non-hydrogen) atoms. The highest BCUT2D eigenvalue weighted by Crippen LogP contribution is 2.32. The first-order chi connectivity index (χ1) is 14.2. The molecule has 6 nitrogen and oxygen atoms in total. The van der Waals surface area contributed by atoms with Crippen LogP contribution in [0.3, 0.4) is 0 Å². The summed E-state index contributed by atoms with van der Waals surface area (Å²) in [7, 11) is 0. The van der Waals surface area contributed by atoms with E-state index >= 15 is 0 Å². The number of rotatable bonds is 6. The molecular weight excluding hydrogens is 364 g/mol. The number of morpholine rings is 1. The minimum Gasteiger partial charge on any atom is -0.379 e. The Kier molecular flexibility index (Phi) is 6.62. The number of hydrogen-bond donors (Lipinski definition) is 2. The van der Waals surface area contributed by atoms with Crippen molar-refractivity contribution >= 4 is 23.0 Å². The molecule has 156 valence electrons. The Morgan fingerprint density at radius 3 is 2.90 bits per heavy atom. The Morgan fingerprint density at radius 2 is 2.17 bits per heavy atom. The number of hydrogen-bond acceptors (Lipinski definition) is 5. The summed E-state index contributed by atoms with van der Waals surface area (Å²) in [6, 6.07) is 6.64. The van der Waals surface area contributed by atoms with Crippen molar-refractivity contribution in [3.05, 3.63) is 35.4 Å². The van der Waals surface area contributed by atoms with Crippen LogP contribution in [0.1, 0.15) is 43.7 Å². The van der Waals surface area contributed by atoms with Crippen LogP contribution < -0.4 is 10.6 Å². The van der Waals surface area contributed by atoms with Crippen molar-refractivity contribution in [2.75, 3.05) is 44.7 Å². The molecule has 0 spiro atoms. The molecule has 1 fully saturated rings. The summed E-state index contributed by atoms with van der Waals surface area (Å²) in [4.78, 5) is 19.5. The lowest BCUT2D eigenvalue weighted by molar-refractivity contribution is -0.110. The molecule has 0 radical (unpaired) electrons. The summed E-state index contributed by atoms with van der Waals surface area (Å²) in [5.41, 5.74) is 4.74. The monoisotopic (exact) mass is 396 g/mol. The lowest BCUT2D eigenvalue weighted by Crippen LogP contribution is -2.37. The number of allylic oxidation sites excluding steroid dienone is 2. The van der Waals surface area contributed by atoms with Gasteiger partial charge in [0, 0.05) is 37.4 Å². The second-order valence-corrected chi connectivity index (χ2v) is 8.22. The summed E-state index contributed by atoms with van der Waals surface area (Å²) in [5.74, 6) is 0.297. The third-order valence-electron chi connectivity index (χ3n) is 5.92. The molecule has 3 aliphatic rings. The number of benzene rings is 1. The van der Waals surface area contributed by atoms with Crippen LogP contribution in [0.25, 0.3) is 5.57 Å². The molecule has 1 aromatic rings. The van der Waals surface area contributed by atoms with Crippen molar-refractivity contribution < 1.29 is 9.53 Å². The van der Waals surface area contributed by atoms with Crippen molar-refractivity contribution in [3.8, 4) is 0 Å². The van der Waals surface area contributed by atoms with Crippen LogP contribution >= 0.6 is 0 Å². The molecule has 0 aromatic heterocycles. The van der Waals surface area contributed by atoms with Crippen LogP contribution in [0.4, 0.5) is 5.69 Å². The van der Waals surface area contributed by atoms with Crippen LogP contribution in [0, 0.1) is 0 Å². The highest BCUT2D eigenvalue weighted by molar-refractivity contribution is 6.42. The third kappa shape index (κ3) is 5.25. The molecule has 1 aliphatic carbocycles. The van der Waals surface area contributed by atoms with Gasteiger partial charge in [-0.2, -0.15) is 0 Å². The van der Waals surface area contributed by atoms with Crippen molar-refractivity contribution in [1.82, 2.24) is 10.2 Å². The van der Waals surface area contributed by atoms with E-state index in [0.717, 1.165) is 64.3 Å². The van der Waals surface area contributed by atoms with Crippen molar-refractivity contribution in [1.29, 1.82) is 0 Å². The predicted octanol–water partition coefficient (Wildman–Crippen LogP) is 2.85. The smallest absolute Gasteiger partial charge is 0.290 e. The Bertz CT molecular complexity index is 796. The fraction of sp³-hybridized carbons (Fsp3) is 0.565. The SMILES string of the molecule is CC1CNC(C(=O)Nc2ccc(CCN3CCOCC3)cc2C2=CCCCC2)=N1. The fourth-order valence-corrected chi connectivity index (χ4v) is 4.19. The molecule has 1 amide bonds. The number of carbonyl (C=O) groups excluding carboxylic acids is 1. The highest BCUT2D eigenvalue weighted by Gasteiger charge is 2.21. The van der Waals surface area contributed by atoms with E-state index < -0.39 is 0 Å². The van der Waals surface area contributed by atoms with Gasteiger partial charge < -0.3 is 15.4 Å². The van der Waals surface area contributed by atoms with Crippen LogP contribution in [0.2, 0.25) is 0 Å². The van der Waals surface area contributed by atoms with E-state index in [4.69, 9.17) is 4.74 Å². The number of nitrogens with one attached hydrogen (secondary N) is 2. The maximum absolute atomic E-state index is 12.7. The van der Waals surface area contributed by atoms with E-state index in [1.807, 2.05) is 6.92 Å². The summed E-state index contributed by atoms with van der Waals surface area (Å²) < 4.78 is 5.45. The van der Waals surface area contributed by atoms with Gasteiger partial charge in [-0.15, -0.1) is 0 Å². The van der Waals surface area contributed by atoms with Gasteiger partial charge in [-0.1, -0.05) is 12.1 Å². The number of ether oxygens (including phenoxy) is 1. The number of amidine groups is 1. The average Bonchev–Trinajstić information content (AvgIpc) is 3.21. The summed E-state index contributed by atoms with van der Waals surface area (Å²) >= 11 is 0. The summed E-state index contributed by atoms with van der Waals surface area (Å²) in [5, 5.41) is 6.20. The first kappa shape index (κ1) is 20.1. The first-order valence-electron chi connectivity index (χ1n) is 10.9. The van der Waals surface area contributed by atoms with Gasteiger partial charge in [-0.3, -0.25) is 14.7 Å². The molecule has 1 unspecified atom stereocenters. The quantitative estimate of drug-likeness (QED) is 0.776. The first-order valence-corrected chi connectivity index (χ1v) is 10.9. The van der Waals surface area contributed by atoms with Gasteiger partial charge in [0.1, 0.15) is 0 Å². The molecule has 0 bridgehead atoms. The minimum atomic E-state index is -0.145. The Morgan fingerprint density at radius 1 is 1.31 bits per heavy atom. The number of aliphatic imine (C=N–C) groups is 1.